The van der Waals surface area contributed by atoms with Crippen LogP contribution >= 0.6 is 0 Å². The molecule has 0 radical (unpaired) electrons. The maximum atomic E-state index is 11.9. The standard InChI is InChI=1S/C21H25N7O2/c1-21(2)12-23-16-10-14(4-5-15(16)21)24-20-25-18-17(22-7-9-28(18)26-20)27-8-6-13(11-27)19(29)30-3/h4-5,7,9-10,13,23H,6,8,11-12H2,1-3H3,(H,24,26). The van der Waals surface area contributed by atoms with Gasteiger partial charge in [0.15, 0.2) is 11.5 Å². The lowest BCUT2D eigenvalue weighted by atomic mass is 9.87. The zero-order valence-electron chi connectivity index (χ0n) is 17.3. The highest BCUT2D eigenvalue weighted by atomic mass is 16.5. The molecule has 1 aromatic carbocycles. The normalized spacial score (nSPS) is 19.6. The van der Waals surface area contributed by atoms with Crippen molar-refractivity contribution in [2.24, 2.45) is 5.92 Å². The van der Waals surface area contributed by atoms with E-state index in [2.05, 4.69) is 62.6 Å². The first kappa shape index (κ1) is 18.7. The fourth-order valence-corrected chi connectivity index (χ4v) is 4.29. The predicted molar refractivity (Wildman–Crippen MR) is 114 cm³/mol. The van der Waals surface area contributed by atoms with Crippen LogP contribution in [0.2, 0.25) is 0 Å². The van der Waals surface area contributed by atoms with E-state index in [-0.39, 0.29) is 17.3 Å². The Labute approximate surface area is 174 Å². The SMILES string of the molecule is COC(=O)C1CCN(c2nccn3nc(Nc4ccc5c(c4)NCC5(C)C)nc23)C1. The molecule has 2 N–H and O–H groups in total. The van der Waals surface area contributed by atoms with Crippen LogP contribution in [0.3, 0.4) is 0 Å². The summed E-state index contributed by atoms with van der Waals surface area (Å²) in [7, 11) is 1.43. The Bertz CT molecular complexity index is 1120. The van der Waals surface area contributed by atoms with Crippen molar-refractivity contribution in [3.8, 4) is 0 Å². The van der Waals surface area contributed by atoms with Crippen molar-refractivity contribution >= 4 is 34.8 Å². The number of benzene rings is 1. The van der Waals surface area contributed by atoms with Crippen molar-refractivity contribution in [1.29, 1.82) is 0 Å². The summed E-state index contributed by atoms with van der Waals surface area (Å²) in [5.41, 5.74) is 4.18. The molecule has 1 fully saturated rings. The summed E-state index contributed by atoms with van der Waals surface area (Å²) in [4.78, 5) is 23.1. The number of carbonyl (C=O) groups is 1. The number of anilines is 4. The molecule has 5 rings (SSSR count). The number of carbonyl (C=O) groups excluding carboxylic acids is 1. The molecule has 0 spiro atoms. The van der Waals surface area contributed by atoms with E-state index in [1.54, 1.807) is 16.9 Å². The molecule has 9 nitrogen and oxygen atoms in total. The molecule has 1 atom stereocenters. The number of methoxy groups -OCH3 is 1. The summed E-state index contributed by atoms with van der Waals surface area (Å²) < 4.78 is 6.60. The van der Waals surface area contributed by atoms with Crippen molar-refractivity contribution in [2.75, 3.05) is 42.3 Å². The monoisotopic (exact) mass is 407 g/mol. The van der Waals surface area contributed by atoms with Gasteiger partial charge in [-0.05, 0) is 24.1 Å². The van der Waals surface area contributed by atoms with Gasteiger partial charge in [0, 0.05) is 48.8 Å². The summed E-state index contributed by atoms with van der Waals surface area (Å²) in [6, 6.07) is 6.30. The highest BCUT2D eigenvalue weighted by Gasteiger charge is 2.32. The van der Waals surface area contributed by atoms with Gasteiger partial charge in [-0.3, -0.25) is 4.79 Å². The van der Waals surface area contributed by atoms with E-state index in [1.807, 2.05) is 0 Å². The van der Waals surface area contributed by atoms with Gasteiger partial charge in [-0.1, -0.05) is 19.9 Å². The third kappa shape index (κ3) is 3.10. The Morgan fingerprint density at radius 3 is 3.07 bits per heavy atom. The van der Waals surface area contributed by atoms with Crippen LogP contribution in [0.1, 0.15) is 25.8 Å². The molecule has 1 unspecified atom stereocenters. The number of aromatic nitrogens is 4. The molecular weight excluding hydrogens is 382 g/mol. The lowest BCUT2D eigenvalue weighted by Crippen LogP contribution is -2.24. The van der Waals surface area contributed by atoms with Crippen LogP contribution in [0.25, 0.3) is 5.65 Å². The number of hydrogen-bond acceptors (Lipinski definition) is 8. The Balaban J connectivity index is 1.40. The fourth-order valence-electron chi connectivity index (χ4n) is 4.29. The first-order valence-electron chi connectivity index (χ1n) is 10.1. The van der Waals surface area contributed by atoms with Crippen LogP contribution in [0.15, 0.2) is 30.6 Å². The molecule has 0 aliphatic carbocycles. The number of ether oxygens (including phenoxy) is 1. The van der Waals surface area contributed by atoms with Crippen molar-refractivity contribution in [3.63, 3.8) is 0 Å². The Kier molecular flexibility index (Phi) is 4.27. The van der Waals surface area contributed by atoms with Gasteiger partial charge >= 0.3 is 5.97 Å². The molecule has 156 valence electrons. The van der Waals surface area contributed by atoms with E-state index < -0.39 is 0 Å². The number of esters is 1. The molecule has 9 heteroatoms. The second-order valence-corrected chi connectivity index (χ2v) is 8.53. The molecule has 0 amide bonds. The minimum atomic E-state index is -0.179. The average Bonchev–Trinajstić information content (AvgIpc) is 3.44. The van der Waals surface area contributed by atoms with Crippen LogP contribution in [-0.2, 0) is 14.9 Å². The van der Waals surface area contributed by atoms with Gasteiger partial charge in [-0.25, -0.2) is 9.50 Å². The van der Waals surface area contributed by atoms with Crippen LogP contribution < -0.4 is 15.5 Å². The van der Waals surface area contributed by atoms with Crippen LogP contribution in [-0.4, -0.2) is 52.3 Å². The average molecular weight is 407 g/mol. The molecule has 3 aromatic rings. The van der Waals surface area contributed by atoms with Gasteiger partial charge in [0.2, 0.25) is 5.95 Å². The zero-order chi connectivity index (χ0) is 20.9. The third-order valence-electron chi connectivity index (χ3n) is 5.98. The van der Waals surface area contributed by atoms with E-state index in [0.29, 0.717) is 18.1 Å². The quantitative estimate of drug-likeness (QED) is 0.637. The maximum Gasteiger partial charge on any atom is 0.310 e. The van der Waals surface area contributed by atoms with Crippen LogP contribution in [0.4, 0.5) is 23.1 Å². The number of nitrogens with zero attached hydrogens (tertiary/aromatic N) is 5. The number of rotatable bonds is 4. The number of nitrogens with one attached hydrogen (secondary N) is 2. The second kappa shape index (κ2) is 6.86. The first-order valence-corrected chi connectivity index (χ1v) is 10.1. The highest BCUT2D eigenvalue weighted by molar-refractivity contribution is 5.75. The lowest BCUT2D eigenvalue weighted by Gasteiger charge is -2.17. The molecule has 2 aliphatic rings. The Morgan fingerprint density at radius 1 is 1.37 bits per heavy atom. The highest BCUT2D eigenvalue weighted by Crippen LogP contribution is 2.38. The molecule has 1 saturated heterocycles. The lowest BCUT2D eigenvalue weighted by molar-refractivity contribution is -0.144. The molecule has 2 aliphatic heterocycles. The van der Waals surface area contributed by atoms with Gasteiger partial charge in [0.1, 0.15) is 0 Å². The van der Waals surface area contributed by atoms with Crippen molar-refractivity contribution < 1.29 is 9.53 Å². The van der Waals surface area contributed by atoms with Gasteiger partial charge in [-0.2, -0.15) is 4.98 Å². The molecule has 30 heavy (non-hydrogen) atoms. The maximum absolute atomic E-state index is 11.9. The Hall–Kier alpha value is -3.36. The largest absolute Gasteiger partial charge is 0.469 e. The van der Waals surface area contributed by atoms with Gasteiger partial charge < -0.3 is 20.3 Å². The minimum Gasteiger partial charge on any atom is -0.469 e. The molecule has 4 heterocycles. The van der Waals surface area contributed by atoms with Gasteiger partial charge in [-0.15, -0.1) is 5.10 Å². The zero-order valence-corrected chi connectivity index (χ0v) is 17.3. The van der Waals surface area contributed by atoms with Gasteiger partial charge in [0.25, 0.3) is 0 Å². The van der Waals surface area contributed by atoms with Crippen LogP contribution in [0, 0.1) is 5.92 Å². The van der Waals surface area contributed by atoms with E-state index in [9.17, 15) is 4.79 Å². The van der Waals surface area contributed by atoms with E-state index in [1.165, 1.54) is 12.7 Å². The van der Waals surface area contributed by atoms with Crippen molar-refractivity contribution in [3.05, 3.63) is 36.2 Å². The third-order valence-corrected chi connectivity index (χ3v) is 5.98. The predicted octanol–water partition coefficient (Wildman–Crippen LogP) is 2.57. The summed E-state index contributed by atoms with van der Waals surface area (Å²) in [6.45, 7) is 6.70. The summed E-state index contributed by atoms with van der Waals surface area (Å²) >= 11 is 0. The molecular formula is C21H25N7O2. The minimum absolute atomic E-state index is 0.132. The smallest absolute Gasteiger partial charge is 0.310 e. The summed E-state index contributed by atoms with van der Waals surface area (Å²) in [5.74, 6) is 0.911. The van der Waals surface area contributed by atoms with Crippen molar-refractivity contribution in [1.82, 2.24) is 19.6 Å². The number of fused-ring (bicyclic) bond motifs is 2. The van der Waals surface area contributed by atoms with Crippen LogP contribution in [0.5, 0.6) is 0 Å². The van der Waals surface area contributed by atoms with E-state index in [0.717, 1.165) is 36.7 Å². The van der Waals surface area contributed by atoms with Crippen molar-refractivity contribution in [2.45, 2.75) is 25.7 Å². The van der Waals surface area contributed by atoms with E-state index >= 15 is 0 Å². The van der Waals surface area contributed by atoms with Gasteiger partial charge in [0.05, 0.1) is 13.0 Å². The number of hydrogen-bond donors (Lipinski definition) is 2. The second-order valence-electron chi connectivity index (χ2n) is 8.53. The van der Waals surface area contributed by atoms with E-state index in [4.69, 9.17) is 4.74 Å². The molecule has 2 aromatic heterocycles. The summed E-state index contributed by atoms with van der Waals surface area (Å²) in [6.07, 6.45) is 4.22. The fraction of sp³-hybridized carbons (Fsp3) is 0.429. The topological polar surface area (TPSA) is 96.7 Å². The molecule has 0 bridgehead atoms. The summed E-state index contributed by atoms with van der Waals surface area (Å²) in [5, 5.41) is 11.3. The first-order chi connectivity index (χ1) is 14.4. The molecule has 0 saturated carbocycles. The Morgan fingerprint density at radius 2 is 2.23 bits per heavy atom.